The molecule has 3 rings (SSSR count). The molecule has 2 amide bonds. The number of hydrogen-bond acceptors (Lipinski definition) is 5. The predicted octanol–water partition coefficient (Wildman–Crippen LogP) is 1.83. The molecule has 1 aromatic carbocycles. The third-order valence-electron chi connectivity index (χ3n) is 4.31. The first-order valence-electron chi connectivity index (χ1n) is 9.07. The number of nitrogens with zero attached hydrogens (tertiary/aromatic N) is 3. The first kappa shape index (κ1) is 18.9. The van der Waals surface area contributed by atoms with Gasteiger partial charge in [-0.1, -0.05) is 32.1 Å². The Balaban J connectivity index is 1.85. The van der Waals surface area contributed by atoms with E-state index in [1.807, 2.05) is 33.8 Å². The van der Waals surface area contributed by atoms with Gasteiger partial charge in [-0.3, -0.25) is 9.59 Å². The molecule has 0 spiro atoms. The number of carbonyl (C=O) groups excluding carboxylic acids is 2. The Morgan fingerprint density at radius 3 is 2.59 bits per heavy atom. The topological polar surface area (TPSA) is 115 Å². The zero-order valence-corrected chi connectivity index (χ0v) is 16.2. The van der Waals surface area contributed by atoms with E-state index in [2.05, 4.69) is 20.9 Å². The van der Waals surface area contributed by atoms with Crippen LogP contribution in [0.2, 0.25) is 0 Å². The summed E-state index contributed by atoms with van der Waals surface area (Å²) in [6.45, 7) is 8.45. The molecule has 0 atom stereocenters. The number of carbonyl (C=O) groups is 2. The first-order chi connectivity index (χ1) is 12.7. The largest absolute Gasteiger partial charge is 0.382 e. The lowest BCUT2D eigenvalue weighted by atomic mass is 9.97. The average molecular weight is 370 g/mol. The second kappa shape index (κ2) is 7.02. The predicted molar refractivity (Wildman–Crippen MR) is 103 cm³/mol. The Hall–Kier alpha value is -2.90. The number of anilines is 1. The maximum Gasteiger partial charge on any atom is 0.275 e. The van der Waals surface area contributed by atoms with Crippen molar-refractivity contribution in [1.29, 1.82) is 0 Å². The van der Waals surface area contributed by atoms with Crippen LogP contribution in [0.15, 0.2) is 18.2 Å². The number of nitrogens with one attached hydrogen (secondary N) is 2. The van der Waals surface area contributed by atoms with Gasteiger partial charge in [-0.15, -0.1) is 5.10 Å². The number of aryl methyl sites for hydroxylation is 1. The second-order valence-corrected chi connectivity index (χ2v) is 8.23. The molecule has 1 fully saturated rings. The number of rotatable bonds is 5. The van der Waals surface area contributed by atoms with Gasteiger partial charge in [0.15, 0.2) is 11.5 Å². The minimum atomic E-state index is -0.367. The molecule has 1 saturated carbocycles. The van der Waals surface area contributed by atoms with Crippen molar-refractivity contribution in [3.8, 4) is 5.69 Å². The SMILES string of the molecule is Cc1ccc(C(=O)NC2CC2)cc1-n1nnc(C(=O)NCC(C)(C)C)c1N. The summed E-state index contributed by atoms with van der Waals surface area (Å²) in [5.41, 5.74) is 8.18. The fourth-order valence-corrected chi connectivity index (χ4v) is 2.53. The van der Waals surface area contributed by atoms with Crippen molar-refractivity contribution in [2.24, 2.45) is 5.41 Å². The molecule has 0 saturated heterocycles. The summed E-state index contributed by atoms with van der Waals surface area (Å²) in [4.78, 5) is 24.7. The molecule has 0 radical (unpaired) electrons. The number of aromatic nitrogens is 3. The van der Waals surface area contributed by atoms with Crippen LogP contribution in [-0.4, -0.2) is 39.4 Å². The van der Waals surface area contributed by atoms with Gasteiger partial charge < -0.3 is 16.4 Å². The Bertz CT molecular complexity index is 877. The molecule has 0 aliphatic heterocycles. The highest BCUT2D eigenvalue weighted by atomic mass is 16.2. The smallest absolute Gasteiger partial charge is 0.275 e. The van der Waals surface area contributed by atoms with E-state index in [1.165, 1.54) is 4.68 Å². The minimum absolute atomic E-state index is 0.0553. The molecular formula is C19H26N6O2. The lowest BCUT2D eigenvalue weighted by Crippen LogP contribution is -2.32. The Kier molecular flexibility index (Phi) is 4.91. The highest BCUT2D eigenvalue weighted by Gasteiger charge is 2.25. The monoisotopic (exact) mass is 370 g/mol. The molecule has 2 aromatic rings. The Labute approximate surface area is 158 Å². The van der Waals surface area contributed by atoms with E-state index in [-0.39, 0.29) is 34.8 Å². The molecule has 1 aliphatic carbocycles. The van der Waals surface area contributed by atoms with Crippen molar-refractivity contribution >= 4 is 17.6 Å². The molecule has 1 aromatic heterocycles. The highest BCUT2D eigenvalue weighted by Crippen LogP contribution is 2.22. The van der Waals surface area contributed by atoms with Gasteiger partial charge >= 0.3 is 0 Å². The van der Waals surface area contributed by atoms with Crippen LogP contribution >= 0.6 is 0 Å². The molecule has 0 unspecified atom stereocenters. The minimum Gasteiger partial charge on any atom is -0.382 e. The van der Waals surface area contributed by atoms with Gasteiger partial charge in [0.1, 0.15) is 0 Å². The number of nitrogens with two attached hydrogens (primary N) is 1. The average Bonchev–Trinajstić information content (AvgIpc) is 3.32. The summed E-state index contributed by atoms with van der Waals surface area (Å²) in [6.07, 6.45) is 2.04. The number of nitrogen functional groups attached to an aromatic ring is 1. The van der Waals surface area contributed by atoms with Crippen LogP contribution in [0.1, 0.15) is 60.0 Å². The van der Waals surface area contributed by atoms with Gasteiger partial charge in [-0.25, -0.2) is 0 Å². The van der Waals surface area contributed by atoms with Crippen LogP contribution in [0.3, 0.4) is 0 Å². The first-order valence-corrected chi connectivity index (χ1v) is 9.07. The van der Waals surface area contributed by atoms with Crippen LogP contribution in [0, 0.1) is 12.3 Å². The van der Waals surface area contributed by atoms with Crippen molar-refractivity contribution in [3.05, 3.63) is 35.0 Å². The molecule has 4 N–H and O–H groups in total. The lowest BCUT2D eigenvalue weighted by Gasteiger charge is -2.18. The molecule has 1 aliphatic rings. The van der Waals surface area contributed by atoms with Crippen molar-refractivity contribution in [1.82, 2.24) is 25.6 Å². The lowest BCUT2D eigenvalue weighted by molar-refractivity contribution is 0.0932. The van der Waals surface area contributed by atoms with Crippen molar-refractivity contribution in [2.45, 2.75) is 46.6 Å². The fraction of sp³-hybridized carbons (Fsp3) is 0.474. The molecular weight excluding hydrogens is 344 g/mol. The van der Waals surface area contributed by atoms with E-state index in [0.717, 1.165) is 18.4 Å². The Morgan fingerprint density at radius 2 is 1.96 bits per heavy atom. The van der Waals surface area contributed by atoms with E-state index in [0.29, 0.717) is 17.8 Å². The van der Waals surface area contributed by atoms with E-state index >= 15 is 0 Å². The van der Waals surface area contributed by atoms with Gasteiger partial charge in [-0.05, 0) is 42.9 Å². The number of benzene rings is 1. The van der Waals surface area contributed by atoms with Crippen LogP contribution < -0.4 is 16.4 Å². The summed E-state index contributed by atoms with van der Waals surface area (Å²) < 4.78 is 1.40. The summed E-state index contributed by atoms with van der Waals surface area (Å²) >= 11 is 0. The molecule has 8 heteroatoms. The van der Waals surface area contributed by atoms with Crippen LogP contribution in [-0.2, 0) is 0 Å². The van der Waals surface area contributed by atoms with Gasteiger partial charge in [0, 0.05) is 18.2 Å². The van der Waals surface area contributed by atoms with Gasteiger partial charge in [0.25, 0.3) is 11.8 Å². The normalized spacial score (nSPS) is 14.1. The van der Waals surface area contributed by atoms with Crippen LogP contribution in [0.5, 0.6) is 0 Å². The van der Waals surface area contributed by atoms with E-state index in [1.54, 1.807) is 12.1 Å². The fourth-order valence-electron chi connectivity index (χ4n) is 2.53. The second-order valence-electron chi connectivity index (χ2n) is 8.23. The zero-order chi connectivity index (χ0) is 19.8. The van der Waals surface area contributed by atoms with E-state index < -0.39 is 0 Å². The summed E-state index contributed by atoms with van der Waals surface area (Å²) in [7, 11) is 0. The number of hydrogen-bond donors (Lipinski definition) is 3. The summed E-state index contributed by atoms with van der Waals surface area (Å²) in [5.74, 6) is -0.348. The van der Waals surface area contributed by atoms with Crippen molar-refractivity contribution < 1.29 is 9.59 Å². The highest BCUT2D eigenvalue weighted by molar-refractivity contribution is 5.97. The van der Waals surface area contributed by atoms with Crippen LogP contribution in [0.4, 0.5) is 5.82 Å². The standard InChI is InChI=1S/C19H26N6O2/c1-11-5-6-12(17(26)22-13-7-8-13)9-14(11)25-16(20)15(23-24-25)18(27)21-10-19(2,3)4/h5-6,9,13H,7-8,10,20H2,1-4H3,(H,21,27)(H,22,26). The molecule has 1 heterocycles. The maximum absolute atomic E-state index is 12.4. The van der Waals surface area contributed by atoms with Gasteiger partial charge in [-0.2, -0.15) is 4.68 Å². The van der Waals surface area contributed by atoms with E-state index in [4.69, 9.17) is 5.73 Å². The van der Waals surface area contributed by atoms with Crippen molar-refractivity contribution in [3.63, 3.8) is 0 Å². The third kappa shape index (κ3) is 4.45. The summed E-state index contributed by atoms with van der Waals surface area (Å²) in [5, 5.41) is 13.8. The quantitative estimate of drug-likeness (QED) is 0.743. The van der Waals surface area contributed by atoms with Gasteiger partial charge in [0.05, 0.1) is 5.69 Å². The summed E-state index contributed by atoms with van der Waals surface area (Å²) in [6, 6.07) is 5.59. The Morgan fingerprint density at radius 1 is 1.26 bits per heavy atom. The van der Waals surface area contributed by atoms with Crippen LogP contribution in [0.25, 0.3) is 5.69 Å². The zero-order valence-electron chi connectivity index (χ0n) is 16.2. The van der Waals surface area contributed by atoms with Gasteiger partial charge in [0.2, 0.25) is 0 Å². The maximum atomic E-state index is 12.4. The van der Waals surface area contributed by atoms with E-state index in [9.17, 15) is 9.59 Å². The van der Waals surface area contributed by atoms with Crippen molar-refractivity contribution in [2.75, 3.05) is 12.3 Å². The molecule has 144 valence electrons. The molecule has 27 heavy (non-hydrogen) atoms. The molecule has 8 nitrogen and oxygen atoms in total. The molecule has 0 bridgehead atoms. The number of amides is 2. The third-order valence-corrected chi connectivity index (χ3v) is 4.31.